The van der Waals surface area contributed by atoms with Gasteiger partial charge in [-0.3, -0.25) is 0 Å². The van der Waals surface area contributed by atoms with Gasteiger partial charge in [0.2, 0.25) is 0 Å². The molecule has 0 amide bonds. The van der Waals surface area contributed by atoms with Gasteiger partial charge >= 0.3 is 0 Å². The molecule has 2 nitrogen and oxygen atoms in total. The molecular formula is C18H29FN2. The van der Waals surface area contributed by atoms with E-state index in [0.29, 0.717) is 6.04 Å². The molecule has 1 aliphatic carbocycles. The summed E-state index contributed by atoms with van der Waals surface area (Å²) in [6, 6.07) is 7.46. The molecule has 0 bridgehead atoms. The van der Waals surface area contributed by atoms with Crippen molar-refractivity contribution in [1.82, 2.24) is 10.2 Å². The third-order valence-electron chi connectivity index (χ3n) is 4.50. The average Bonchev–Trinajstić information content (AvgIpc) is 3.00. The highest BCUT2D eigenvalue weighted by Gasteiger charge is 2.25. The van der Waals surface area contributed by atoms with Crippen LogP contribution in [-0.2, 0) is 6.54 Å². The summed E-state index contributed by atoms with van der Waals surface area (Å²) >= 11 is 0. The van der Waals surface area contributed by atoms with Crippen LogP contribution in [-0.4, -0.2) is 31.1 Å². The second kappa shape index (κ2) is 8.50. The quantitative estimate of drug-likeness (QED) is 0.783. The number of hydrogen-bond donors (Lipinski definition) is 1. The maximum atomic E-state index is 13.0. The molecule has 3 heteroatoms. The highest BCUT2D eigenvalue weighted by molar-refractivity contribution is 5.15. The van der Waals surface area contributed by atoms with E-state index in [1.165, 1.54) is 37.7 Å². The lowest BCUT2D eigenvalue weighted by atomic mass is 9.97. The molecule has 21 heavy (non-hydrogen) atoms. The van der Waals surface area contributed by atoms with Crippen LogP contribution in [0.2, 0.25) is 0 Å². The Hall–Kier alpha value is -0.930. The molecule has 1 N–H and O–H groups in total. The van der Waals surface area contributed by atoms with Crippen LogP contribution in [0.3, 0.4) is 0 Å². The zero-order valence-corrected chi connectivity index (χ0v) is 13.4. The lowest BCUT2D eigenvalue weighted by Gasteiger charge is -2.29. The van der Waals surface area contributed by atoms with Crippen molar-refractivity contribution in [3.8, 4) is 0 Å². The first-order valence-electron chi connectivity index (χ1n) is 8.35. The lowest BCUT2D eigenvalue weighted by Crippen LogP contribution is -2.44. The molecule has 2 rings (SSSR count). The second-order valence-corrected chi connectivity index (χ2v) is 6.43. The Kier molecular flexibility index (Phi) is 6.65. The predicted octanol–water partition coefficient (Wildman–Crippen LogP) is 3.82. The van der Waals surface area contributed by atoms with Crippen molar-refractivity contribution >= 4 is 0 Å². The van der Waals surface area contributed by atoms with Gasteiger partial charge in [0.25, 0.3) is 0 Å². The first kappa shape index (κ1) is 16.4. The topological polar surface area (TPSA) is 15.3 Å². The third kappa shape index (κ3) is 5.40. The van der Waals surface area contributed by atoms with Gasteiger partial charge in [0.05, 0.1) is 0 Å². The zero-order chi connectivity index (χ0) is 15.1. The van der Waals surface area contributed by atoms with E-state index in [0.717, 1.165) is 25.6 Å². The van der Waals surface area contributed by atoms with E-state index in [4.69, 9.17) is 0 Å². The van der Waals surface area contributed by atoms with Gasteiger partial charge in [0.1, 0.15) is 5.82 Å². The highest BCUT2D eigenvalue weighted by atomic mass is 19.1. The van der Waals surface area contributed by atoms with Crippen molar-refractivity contribution in [2.75, 3.05) is 20.1 Å². The molecule has 0 heterocycles. The van der Waals surface area contributed by atoms with Crippen LogP contribution in [0.25, 0.3) is 0 Å². The van der Waals surface area contributed by atoms with Gasteiger partial charge in [-0.15, -0.1) is 0 Å². The Morgan fingerprint density at radius 3 is 2.52 bits per heavy atom. The predicted molar refractivity (Wildman–Crippen MR) is 86.8 cm³/mol. The Labute approximate surface area is 128 Å². The minimum Gasteiger partial charge on any atom is -0.312 e. The number of nitrogens with one attached hydrogen (secondary N) is 1. The number of nitrogens with zero attached hydrogens (tertiary/aromatic N) is 1. The van der Waals surface area contributed by atoms with Crippen LogP contribution in [0.4, 0.5) is 4.39 Å². The number of likely N-dealkylation sites (N-methyl/N-ethyl adjacent to an activating group) is 1. The molecular weight excluding hydrogens is 263 g/mol. The highest BCUT2D eigenvalue weighted by Crippen LogP contribution is 2.28. The molecule has 1 aromatic carbocycles. The standard InChI is InChI=1S/C18H29FN2/c1-3-12-20-18(16-6-4-5-7-16)14-21(2)13-15-8-10-17(19)11-9-15/h8-11,16,18,20H,3-7,12-14H2,1-2H3. The van der Waals surface area contributed by atoms with Gasteiger partial charge in [0.15, 0.2) is 0 Å². The molecule has 1 fully saturated rings. The van der Waals surface area contributed by atoms with Gasteiger partial charge in [-0.1, -0.05) is 31.9 Å². The SMILES string of the molecule is CCCNC(CN(C)Cc1ccc(F)cc1)C1CCCC1. The summed E-state index contributed by atoms with van der Waals surface area (Å²) in [5, 5.41) is 3.74. The smallest absolute Gasteiger partial charge is 0.123 e. The molecule has 1 aromatic rings. The summed E-state index contributed by atoms with van der Waals surface area (Å²) < 4.78 is 13.0. The maximum absolute atomic E-state index is 13.0. The Morgan fingerprint density at radius 1 is 1.24 bits per heavy atom. The normalized spacial score (nSPS) is 17.5. The molecule has 1 unspecified atom stereocenters. The molecule has 1 aliphatic rings. The van der Waals surface area contributed by atoms with Gasteiger partial charge in [-0.05, 0) is 56.5 Å². The lowest BCUT2D eigenvalue weighted by molar-refractivity contribution is 0.235. The molecule has 0 spiro atoms. The average molecular weight is 292 g/mol. The Balaban J connectivity index is 1.87. The van der Waals surface area contributed by atoms with Crippen molar-refractivity contribution in [2.24, 2.45) is 5.92 Å². The van der Waals surface area contributed by atoms with E-state index in [1.54, 1.807) is 12.1 Å². The van der Waals surface area contributed by atoms with Crippen LogP contribution < -0.4 is 5.32 Å². The van der Waals surface area contributed by atoms with E-state index >= 15 is 0 Å². The fourth-order valence-corrected chi connectivity index (χ4v) is 3.37. The zero-order valence-electron chi connectivity index (χ0n) is 13.4. The fraction of sp³-hybridized carbons (Fsp3) is 0.667. The first-order chi connectivity index (χ1) is 10.2. The summed E-state index contributed by atoms with van der Waals surface area (Å²) in [6.07, 6.45) is 6.69. The minimum atomic E-state index is -0.158. The third-order valence-corrected chi connectivity index (χ3v) is 4.50. The first-order valence-corrected chi connectivity index (χ1v) is 8.35. The molecule has 118 valence electrons. The number of hydrogen-bond acceptors (Lipinski definition) is 2. The maximum Gasteiger partial charge on any atom is 0.123 e. The minimum absolute atomic E-state index is 0.158. The Bertz CT molecular complexity index is 398. The van der Waals surface area contributed by atoms with E-state index in [2.05, 4.69) is 24.2 Å². The second-order valence-electron chi connectivity index (χ2n) is 6.43. The molecule has 1 atom stereocenters. The summed E-state index contributed by atoms with van der Waals surface area (Å²) in [5.41, 5.74) is 1.18. The fourth-order valence-electron chi connectivity index (χ4n) is 3.37. The van der Waals surface area contributed by atoms with Gasteiger partial charge in [0, 0.05) is 19.1 Å². The molecule has 0 saturated heterocycles. The van der Waals surface area contributed by atoms with Crippen LogP contribution >= 0.6 is 0 Å². The van der Waals surface area contributed by atoms with Gasteiger partial charge in [-0.2, -0.15) is 0 Å². The molecule has 0 radical (unpaired) electrons. The van der Waals surface area contributed by atoms with Crippen molar-refractivity contribution in [2.45, 2.75) is 51.6 Å². The van der Waals surface area contributed by atoms with Crippen LogP contribution in [0.5, 0.6) is 0 Å². The summed E-state index contributed by atoms with van der Waals surface area (Å²) in [7, 11) is 2.17. The van der Waals surface area contributed by atoms with E-state index in [-0.39, 0.29) is 5.82 Å². The summed E-state index contributed by atoms with van der Waals surface area (Å²) in [6.45, 7) is 5.28. The molecule has 0 aliphatic heterocycles. The van der Waals surface area contributed by atoms with Crippen LogP contribution in [0, 0.1) is 11.7 Å². The largest absolute Gasteiger partial charge is 0.312 e. The van der Waals surface area contributed by atoms with Crippen molar-refractivity contribution in [1.29, 1.82) is 0 Å². The molecule has 0 aromatic heterocycles. The summed E-state index contributed by atoms with van der Waals surface area (Å²) in [4.78, 5) is 2.36. The van der Waals surface area contributed by atoms with Gasteiger partial charge in [-0.25, -0.2) is 4.39 Å². The van der Waals surface area contributed by atoms with Crippen LogP contribution in [0.15, 0.2) is 24.3 Å². The Morgan fingerprint density at radius 2 is 1.90 bits per heavy atom. The number of benzene rings is 1. The number of halogens is 1. The molecule has 1 saturated carbocycles. The van der Waals surface area contributed by atoms with E-state index < -0.39 is 0 Å². The van der Waals surface area contributed by atoms with Crippen molar-refractivity contribution in [3.63, 3.8) is 0 Å². The van der Waals surface area contributed by atoms with E-state index in [1.807, 2.05) is 12.1 Å². The van der Waals surface area contributed by atoms with Crippen molar-refractivity contribution < 1.29 is 4.39 Å². The van der Waals surface area contributed by atoms with Crippen LogP contribution in [0.1, 0.15) is 44.6 Å². The monoisotopic (exact) mass is 292 g/mol. The number of rotatable bonds is 8. The van der Waals surface area contributed by atoms with Crippen molar-refractivity contribution in [3.05, 3.63) is 35.6 Å². The van der Waals surface area contributed by atoms with Gasteiger partial charge < -0.3 is 10.2 Å². The van der Waals surface area contributed by atoms with E-state index in [9.17, 15) is 4.39 Å². The summed E-state index contributed by atoms with van der Waals surface area (Å²) in [5.74, 6) is 0.669.